The molecule has 0 saturated heterocycles. The number of hydrogen-bond donors (Lipinski definition) is 3. The Hall–Kier alpha value is -1.52. The van der Waals surface area contributed by atoms with Gasteiger partial charge < -0.3 is 16.4 Å². The van der Waals surface area contributed by atoms with Gasteiger partial charge in [-0.05, 0) is 25.7 Å². The largest absolute Gasteiger partial charge is 0.370 e. The van der Waals surface area contributed by atoms with E-state index in [9.17, 15) is 0 Å². The first kappa shape index (κ1) is 12.9. The van der Waals surface area contributed by atoms with Gasteiger partial charge in [0.15, 0.2) is 0 Å². The van der Waals surface area contributed by atoms with Crippen LogP contribution in [0.4, 0.5) is 17.6 Å². The number of nitrogens with one attached hydrogen (secondary N) is 2. The van der Waals surface area contributed by atoms with Crippen LogP contribution in [0, 0.1) is 5.92 Å². The van der Waals surface area contributed by atoms with Crippen LogP contribution in [-0.4, -0.2) is 22.6 Å². The Morgan fingerprint density at radius 1 is 1.33 bits per heavy atom. The topological polar surface area (TPSA) is 75.9 Å². The van der Waals surface area contributed by atoms with E-state index in [1.807, 2.05) is 13.0 Å². The van der Waals surface area contributed by atoms with Crippen LogP contribution < -0.4 is 16.4 Å². The van der Waals surface area contributed by atoms with Crippen molar-refractivity contribution in [1.82, 2.24) is 9.97 Å². The summed E-state index contributed by atoms with van der Waals surface area (Å²) in [6, 6.07) is 2.41. The SMILES string of the molecule is CCNc1cc(NC(CC)CC2CC2)nc(N)n1. The van der Waals surface area contributed by atoms with E-state index in [0.717, 1.165) is 30.5 Å². The second kappa shape index (κ2) is 5.89. The average Bonchev–Trinajstić information content (AvgIpc) is 3.12. The van der Waals surface area contributed by atoms with Crippen molar-refractivity contribution in [3.05, 3.63) is 6.07 Å². The van der Waals surface area contributed by atoms with Crippen molar-refractivity contribution < 1.29 is 0 Å². The minimum Gasteiger partial charge on any atom is -0.370 e. The van der Waals surface area contributed by atoms with Gasteiger partial charge in [-0.25, -0.2) is 0 Å². The third-order valence-corrected chi connectivity index (χ3v) is 3.26. The third kappa shape index (κ3) is 3.75. The van der Waals surface area contributed by atoms with Crippen molar-refractivity contribution in [3.63, 3.8) is 0 Å². The van der Waals surface area contributed by atoms with E-state index >= 15 is 0 Å². The molecule has 5 nitrogen and oxygen atoms in total. The Balaban J connectivity index is 2.01. The summed E-state index contributed by atoms with van der Waals surface area (Å²) in [4.78, 5) is 8.39. The molecule has 1 fully saturated rings. The minimum absolute atomic E-state index is 0.317. The van der Waals surface area contributed by atoms with E-state index in [1.54, 1.807) is 0 Å². The molecular weight excluding hydrogens is 226 g/mol. The predicted molar refractivity (Wildman–Crippen MR) is 75.7 cm³/mol. The predicted octanol–water partition coefficient (Wildman–Crippen LogP) is 2.48. The Bertz CT molecular complexity index is 389. The molecule has 1 aromatic rings. The monoisotopic (exact) mass is 249 g/mol. The van der Waals surface area contributed by atoms with Gasteiger partial charge in [0.25, 0.3) is 0 Å². The first-order valence-corrected chi connectivity index (χ1v) is 6.86. The van der Waals surface area contributed by atoms with Gasteiger partial charge in [0, 0.05) is 18.7 Å². The van der Waals surface area contributed by atoms with E-state index in [2.05, 4.69) is 27.5 Å². The Morgan fingerprint density at radius 3 is 2.67 bits per heavy atom. The summed E-state index contributed by atoms with van der Waals surface area (Å²) in [6.45, 7) is 5.07. The fourth-order valence-electron chi connectivity index (χ4n) is 2.10. The second-order valence-electron chi connectivity index (χ2n) is 4.96. The second-order valence-corrected chi connectivity index (χ2v) is 4.96. The van der Waals surface area contributed by atoms with Gasteiger partial charge in [0.2, 0.25) is 5.95 Å². The van der Waals surface area contributed by atoms with Crippen LogP contribution in [0.2, 0.25) is 0 Å². The summed E-state index contributed by atoms with van der Waals surface area (Å²) < 4.78 is 0. The van der Waals surface area contributed by atoms with E-state index < -0.39 is 0 Å². The van der Waals surface area contributed by atoms with Crippen LogP contribution in [-0.2, 0) is 0 Å². The molecule has 0 spiro atoms. The lowest BCUT2D eigenvalue weighted by atomic mass is 10.1. The highest BCUT2D eigenvalue weighted by Gasteiger charge is 2.24. The molecule has 1 aliphatic rings. The van der Waals surface area contributed by atoms with Crippen LogP contribution in [0.5, 0.6) is 0 Å². The van der Waals surface area contributed by atoms with Gasteiger partial charge in [-0.15, -0.1) is 0 Å². The lowest BCUT2D eigenvalue weighted by molar-refractivity contribution is 0.585. The summed E-state index contributed by atoms with van der Waals surface area (Å²) in [7, 11) is 0. The molecule has 0 amide bonds. The van der Waals surface area contributed by atoms with Gasteiger partial charge in [-0.1, -0.05) is 19.8 Å². The molecule has 1 aromatic heterocycles. The van der Waals surface area contributed by atoms with Gasteiger partial charge in [-0.3, -0.25) is 0 Å². The van der Waals surface area contributed by atoms with Gasteiger partial charge >= 0.3 is 0 Å². The maximum Gasteiger partial charge on any atom is 0.223 e. The number of nitrogens with two attached hydrogens (primary N) is 1. The molecule has 1 heterocycles. The van der Waals surface area contributed by atoms with Crippen molar-refractivity contribution in [2.45, 2.75) is 45.6 Å². The molecule has 0 bridgehead atoms. The highest BCUT2D eigenvalue weighted by atomic mass is 15.1. The Kier molecular flexibility index (Phi) is 4.23. The molecule has 0 radical (unpaired) electrons. The minimum atomic E-state index is 0.317. The quantitative estimate of drug-likeness (QED) is 0.692. The lowest BCUT2D eigenvalue weighted by Gasteiger charge is -2.18. The fraction of sp³-hybridized carbons (Fsp3) is 0.692. The molecule has 4 N–H and O–H groups in total. The summed E-state index contributed by atoms with van der Waals surface area (Å²) in [5, 5.41) is 6.63. The summed E-state index contributed by atoms with van der Waals surface area (Å²) in [5.74, 6) is 2.84. The molecule has 1 aliphatic carbocycles. The van der Waals surface area contributed by atoms with E-state index in [-0.39, 0.29) is 0 Å². The zero-order valence-corrected chi connectivity index (χ0v) is 11.2. The summed E-state index contributed by atoms with van der Waals surface area (Å²) in [6.07, 6.45) is 5.10. The van der Waals surface area contributed by atoms with Crippen LogP contribution in [0.3, 0.4) is 0 Å². The van der Waals surface area contributed by atoms with E-state index in [0.29, 0.717) is 12.0 Å². The molecule has 18 heavy (non-hydrogen) atoms. The van der Waals surface area contributed by atoms with Gasteiger partial charge in [-0.2, -0.15) is 9.97 Å². The number of rotatable bonds is 7. The number of aromatic nitrogens is 2. The first-order chi connectivity index (χ1) is 8.71. The number of nitrogens with zero attached hydrogens (tertiary/aromatic N) is 2. The number of nitrogen functional groups attached to an aromatic ring is 1. The molecule has 0 aromatic carbocycles. The van der Waals surface area contributed by atoms with Crippen molar-refractivity contribution in [3.8, 4) is 0 Å². The molecule has 100 valence electrons. The van der Waals surface area contributed by atoms with Crippen molar-refractivity contribution in [1.29, 1.82) is 0 Å². The molecule has 1 saturated carbocycles. The summed E-state index contributed by atoms with van der Waals surface area (Å²) >= 11 is 0. The standard InChI is InChI=1S/C13H23N5/c1-3-10(7-9-5-6-9)16-12-8-11(15-4-2)17-13(14)18-12/h8-10H,3-7H2,1-2H3,(H4,14,15,16,17,18). The normalized spacial score (nSPS) is 16.3. The maximum absolute atomic E-state index is 5.72. The zero-order valence-electron chi connectivity index (χ0n) is 11.2. The van der Waals surface area contributed by atoms with Crippen molar-refractivity contribution in [2.75, 3.05) is 22.9 Å². The van der Waals surface area contributed by atoms with Gasteiger partial charge in [0.1, 0.15) is 11.6 Å². The van der Waals surface area contributed by atoms with Crippen LogP contribution >= 0.6 is 0 Å². The van der Waals surface area contributed by atoms with Crippen molar-refractivity contribution in [2.24, 2.45) is 5.92 Å². The lowest BCUT2D eigenvalue weighted by Crippen LogP contribution is -2.20. The molecule has 1 atom stereocenters. The highest BCUT2D eigenvalue weighted by molar-refractivity contribution is 5.51. The highest BCUT2D eigenvalue weighted by Crippen LogP contribution is 2.34. The first-order valence-electron chi connectivity index (χ1n) is 6.86. The average molecular weight is 249 g/mol. The zero-order chi connectivity index (χ0) is 13.0. The van der Waals surface area contributed by atoms with Crippen molar-refractivity contribution >= 4 is 17.6 Å². The van der Waals surface area contributed by atoms with Crippen LogP contribution in [0.1, 0.15) is 39.5 Å². The molecule has 2 rings (SSSR count). The fourth-order valence-corrected chi connectivity index (χ4v) is 2.10. The van der Waals surface area contributed by atoms with E-state index in [1.165, 1.54) is 19.3 Å². The van der Waals surface area contributed by atoms with Gasteiger partial charge in [0.05, 0.1) is 0 Å². The third-order valence-electron chi connectivity index (χ3n) is 3.26. The van der Waals surface area contributed by atoms with E-state index in [4.69, 9.17) is 5.73 Å². The summed E-state index contributed by atoms with van der Waals surface area (Å²) in [5.41, 5.74) is 5.72. The smallest absolute Gasteiger partial charge is 0.223 e. The number of anilines is 3. The molecule has 1 unspecified atom stereocenters. The molecule has 5 heteroatoms. The van der Waals surface area contributed by atoms with Crippen LogP contribution in [0.15, 0.2) is 6.07 Å². The number of hydrogen-bond acceptors (Lipinski definition) is 5. The Labute approximate surface area is 109 Å². The van der Waals surface area contributed by atoms with Crippen LogP contribution in [0.25, 0.3) is 0 Å². The molecular formula is C13H23N5. The maximum atomic E-state index is 5.72. The molecule has 0 aliphatic heterocycles. The Morgan fingerprint density at radius 2 is 2.06 bits per heavy atom.